The molecule has 8 nitrogen and oxygen atoms in total. The highest BCUT2D eigenvalue weighted by Crippen LogP contribution is 2.27. The van der Waals surface area contributed by atoms with Crippen LogP contribution in [-0.2, 0) is 4.74 Å². The van der Waals surface area contributed by atoms with Crippen LogP contribution >= 0.6 is 0 Å². The first-order valence-corrected chi connectivity index (χ1v) is 11.3. The summed E-state index contributed by atoms with van der Waals surface area (Å²) in [7, 11) is 5.43. The van der Waals surface area contributed by atoms with Gasteiger partial charge in [0, 0.05) is 45.0 Å². The average molecular weight is 473 g/mol. The second kappa shape index (κ2) is 11.3. The predicted octanol–water partition coefficient (Wildman–Crippen LogP) is 3.91. The first kappa shape index (κ1) is 25.5. The Kier molecular flexibility index (Phi) is 8.46. The summed E-state index contributed by atoms with van der Waals surface area (Å²) in [5, 5.41) is 5.15. The third-order valence-electron chi connectivity index (χ3n) is 6.14. The number of halogens is 1. The van der Waals surface area contributed by atoms with Crippen LogP contribution in [-0.4, -0.2) is 74.8 Å². The lowest BCUT2D eigenvalue weighted by Gasteiger charge is -2.34. The van der Waals surface area contributed by atoms with Crippen LogP contribution in [0.2, 0.25) is 0 Å². The van der Waals surface area contributed by atoms with Crippen molar-refractivity contribution in [2.75, 3.05) is 51.5 Å². The van der Waals surface area contributed by atoms with E-state index >= 15 is 0 Å². The molecule has 0 aromatic heterocycles. The van der Waals surface area contributed by atoms with E-state index in [-0.39, 0.29) is 29.7 Å². The van der Waals surface area contributed by atoms with E-state index in [1.807, 2.05) is 7.05 Å². The van der Waals surface area contributed by atoms with Gasteiger partial charge in [-0.05, 0) is 44.2 Å². The molecular weight excluding hydrogens is 439 g/mol. The van der Waals surface area contributed by atoms with E-state index in [1.165, 1.54) is 12.1 Å². The van der Waals surface area contributed by atoms with Gasteiger partial charge in [-0.25, -0.2) is 9.18 Å². The third kappa shape index (κ3) is 6.24. The number of likely N-dealkylation sites (N-methyl/N-ethyl adjacent to an activating group) is 2. The monoisotopic (exact) mass is 472 g/mol. The summed E-state index contributed by atoms with van der Waals surface area (Å²) in [6.45, 7) is 5.74. The zero-order chi connectivity index (χ0) is 24.8. The lowest BCUT2D eigenvalue weighted by molar-refractivity contribution is 0.0150. The largest absolute Gasteiger partial charge is 0.491 e. The molecular formula is C25H33FN4O4. The van der Waals surface area contributed by atoms with Crippen LogP contribution in [0, 0.1) is 11.7 Å². The van der Waals surface area contributed by atoms with Gasteiger partial charge in [0.05, 0.1) is 17.4 Å². The van der Waals surface area contributed by atoms with E-state index in [1.54, 1.807) is 49.4 Å². The lowest BCUT2D eigenvalue weighted by atomic mass is 10.0. The normalized spacial score (nSPS) is 22.1. The molecule has 34 heavy (non-hydrogen) atoms. The summed E-state index contributed by atoms with van der Waals surface area (Å²) in [6, 6.07) is 10.2. The molecule has 2 aromatic carbocycles. The minimum Gasteiger partial charge on any atom is -0.491 e. The van der Waals surface area contributed by atoms with Gasteiger partial charge in [0.15, 0.2) is 0 Å². The fourth-order valence-electron chi connectivity index (χ4n) is 3.88. The molecule has 0 aliphatic carbocycles. The molecule has 0 fully saturated rings. The number of hydrogen-bond donors (Lipinski definition) is 2. The highest BCUT2D eigenvalue weighted by Gasteiger charge is 2.27. The summed E-state index contributed by atoms with van der Waals surface area (Å²) >= 11 is 0. The van der Waals surface area contributed by atoms with Crippen molar-refractivity contribution in [3.8, 4) is 5.75 Å². The van der Waals surface area contributed by atoms with Gasteiger partial charge in [0.2, 0.25) is 0 Å². The number of rotatable bonds is 3. The number of urea groups is 1. The Hall–Kier alpha value is -3.17. The molecule has 2 aromatic rings. The molecule has 2 N–H and O–H groups in total. The minimum absolute atomic E-state index is 0.0677. The molecule has 1 heterocycles. The Morgan fingerprint density at radius 3 is 2.56 bits per heavy atom. The van der Waals surface area contributed by atoms with E-state index in [9.17, 15) is 14.0 Å². The van der Waals surface area contributed by atoms with Crippen LogP contribution in [0.5, 0.6) is 5.75 Å². The van der Waals surface area contributed by atoms with Crippen molar-refractivity contribution in [1.29, 1.82) is 0 Å². The quantitative estimate of drug-likeness (QED) is 0.708. The summed E-state index contributed by atoms with van der Waals surface area (Å²) < 4.78 is 25.6. The van der Waals surface area contributed by atoms with Gasteiger partial charge in [-0.1, -0.05) is 19.1 Å². The molecule has 3 rings (SSSR count). The number of hydrogen-bond acceptors (Lipinski definition) is 5. The van der Waals surface area contributed by atoms with Crippen molar-refractivity contribution >= 4 is 23.3 Å². The summed E-state index contributed by atoms with van der Waals surface area (Å²) in [6.07, 6.45) is -0.115. The lowest BCUT2D eigenvalue weighted by Crippen LogP contribution is -2.45. The number of carbonyl (C=O) groups is 2. The Bertz CT molecular complexity index is 1020. The molecule has 0 saturated heterocycles. The average Bonchev–Trinajstić information content (AvgIpc) is 2.81. The fraction of sp³-hybridized carbons (Fsp3) is 0.440. The van der Waals surface area contributed by atoms with Crippen molar-refractivity contribution in [3.63, 3.8) is 0 Å². The van der Waals surface area contributed by atoms with E-state index in [0.717, 1.165) is 6.54 Å². The number of ether oxygens (including phenoxy) is 2. The molecule has 184 valence electrons. The SMILES string of the molecule is CO[C@H]1CN(C)C(=O)c2ccc(NC(=O)Nc3ccccc3F)cc2OC[C@@H](C)N(C)C[C@@H]1C. The molecule has 3 atom stereocenters. The van der Waals surface area contributed by atoms with Gasteiger partial charge >= 0.3 is 6.03 Å². The van der Waals surface area contributed by atoms with Crippen molar-refractivity contribution in [2.45, 2.75) is 26.0 Å². The Morgan fingerprint density at radius 1 is 1.12 bits per heavy atom. The summed E-state index contributed by atoms with van der Waals surface area (Å²) in [4.78, 5) is 29.4. The van der Waals surface area contributed by atoms with Crippen LogP contribution in [0.1, 0.15) is 24.2 Å². The maximum absolute atomic E-state index is 13.8. The van der Waals surface area contributed by atoms with Crippen LogP contribution in [0.25, 0.3) is 0 Å². The number of nitrogens with one attached hydrogen (secondary N) is 2. The molecule has 3 amide bonds. The van der Waals surface area contributed by atoms with Gasteiger partial charge in [0.1, 0.15) is 18.2 Å². The van der Waals surface area contributed by atoms with Crippen LogP contribution in [0.15, 0.2) is 42.5 Å². The van der Waals surface area contributed by atoms with E-state index in [4.69, 9.17) is 9.47 Å². The highest BCUT2D eigenvalue weighted by atomic mass is 19.1. The van der Waals surface area contributed by atoms with Gasteiger partial charge in [-0.3, -0.25) is 9.69 Å². The molecule has 1 aliphatic heterocycles. The first-order chi connectivity index (χ1) is 16.2. The zero-order valence-electron chi connectivity index (χ0n) is 20.3. The molecule has 0 spiro atoms. The van der Waals surface area contributed by atoms with Gasteiger partial charge in [-0.2, -0.15) is 0 Å². The smallest absolute Gasteiger partial charge is 0.323 e. The molecule has 0 unspecified atom stereocenters. The number of methoxy groups -OCH3 is 1. The number of carbonyl (C=O) groups excluding carboxylic acids is 2. The molecule has 1 aliphatic rings. The number of anilines is 2. The van der Waals surface area contributed by atoms with Gasteiger partial charge < -0.3 is 25.0 Å². The molecule has 0 saturated carbocycles. The van der Waals surface area contributed by atoms with Gasteiger partial charge in [0.25, 0.3) is 5.91 Å². The number of nitrogens with zero attached hydrogens (tertiary/aromatic N) is 2. The highest BCUT2D eigenvalue weighted by molar-refractivity contribution is 6.01. The van der Waals surface area contributed by atoms with Gasteiger partial charge in [-0.15, -0.1) is 0 Å². The second-order valence-electron chi connectivity index (χ2n) is 8.81. The number of benzene rings is 2. The van der Waals surface area contributed by atoms with E-state index in [0.29, 0.717) is 30.2 Å². The summed E-state index contributed by atoms with van der Waals surface area (Å²) in [5.74, 6) is -0.156. The predicted molar refractivity (Wildman–Crippen MR) is 130 cm³/mol. The van der Waals surface area contributed by atoms with Crippen molar-refractivity contribution in [1.82, 2.24) is 9.80 Å². The minimum atomic E-state index is -0.605. The molecule has 0 radical (unpaired) electrons. The van der Waals surface area contributed by atoms with Crippen molar-refractivity contribution in [2.24, 2.45) is 5.92 Å². The zero-order valence-corrected chi connectivity index (χ0v) is 20.3. The van der Waals surface area contributed by atoms with Crippen molar-refractivity contribution in [3.05, 3.63) is 53.8 Å². The maximum Gasteiger partial charge on any atom is 0.323 e. The first-order valence-electron chi connectivity index (χ1n) is 11.3. The second-order valence-corrected chi connectivity index (χ2v) is 8.81. The fourth-order valence-corrected chi connectivity index (χ4v) is 3.88. The van der Waals surface area contributed by atoms with E-state index in [2.05, 4.69) is 29.4 Å². The topological polar surface area (TPSA) is 83.1 Å². The van der Waals surface area contributed by atoms with E-state index < -0.39 is 11.8 Å². The number of fused-ring (bicyclic) bond motifs is 1. The maximum atomic E-state index is 13.8. The van der Waals surface area contributed by atoms with Crippen LogP contribution < -0.4 is 15.4 Å². The Balaban J connectivity index is 1.84. The Labute approximate surface area is 200 Å². The van der Waals surface area contributed by atoms with Crippen LogP contribution in [0.3, 0.4) is 0 Å². The van der Waals surface area contributed by atoms with Crippen LogP contribution in [0.4, 0.5) is 20.6 Å². The Morgan fingerprint density at radius 2 is 1.85 bits per heavy atom. The van der Waals surface area contributed by atoms with Crippen molar-refractivity contribution < 1.29 is 23.5 Å². The molecule has 9 heteroatoms. The standard InChI is InChI=1S/C25H33FN4O4/c1-16-13-29(3)17(2)15-34-22-12-18(27-25(32)28-21-9-7-6-8-20(21)26)10-11-19(22)24(31)30(4)14-23(16)33-5/h6-12,16-17,23H,13-15H2,1-5H3,(H2,27,28,32)/t16-,17+,23-/m0/s1. The number of para-hydroxylation sites is 1. The number of amides is 3. The molecule has 0 bridgehead atoms. The summed E-state index contributed by atoms with van der Waals surface area (Å²) in [5.41, 5.74) is 0.873. The third-order valence-corrected chi connectivity index (χ3v) is 6.14.